The van der Waals surface area contributed by atoms with Gasteiger partial charge < -0.3 is 9.30 Å². The number of hydrogen-bond acceptors (Lipinski definition) is 1. The second-order valence-corrected chi connectivity index (χ2v) is 3.21. The van der Waals surface area contributed by atoms with Gasteiger partial charge in [-0.15, -0.1) is 0 Å². The lowest BCUT2D eigenvalue weighted by molar-refractivity contribution is 0.414. The van der Waals surface area contributed by atoms with E-state index in [0.717, 1.165) is 12.3 Å². The molecule has 2 aromatic rings. The van der Waals surface area contributed by atoms with E-state index in [4.69, 9.17) is 4.74 Å². The maximum absolute atomic E-state index is 5.11. The van der Waals surface area contributed by atoms with Gasteiger partial charge in [-0.25, -0.2) is 0 Å². The molecule has 0 aliphatic heterocycles. The van der Waals surface area contributed by atoms with Crippen LogP contribution in [0.3, 0.4) is 0 Å². The molecule has 0 aliphatic rings. The smallest absolute Gasteiger partial charge is 0.136 e. The summed E-state index contributed by atoms with van der Waals surface area (Å²) in [7, 11) is 1.68. The van der Waals surface area contributed by atoms with Crippen molar-refractivity contribution in [3.63, 3.8) is 0 Å². The number of methoxy groups -OCH3 is 1. The lowest BCUT2D eigenvalue weighted by Gasteiger charge is -2.01. The van der Waals surface area contributed by atoms with Gasteiger partial charge in [-0.3, -0.25) is 0 Å². The van der Waals surface area contributed by atoms with E-state index in [1.165, 1.54) is 5.56 Å². The van der Waals surface area contributed by atoms with E-state index in [1.807, 2.05) is 24.5 Å². The van der Waals surface area contributed by atoms with Crippen LogP contribution in [0.4, 0.5) is 0 Å². The van der Waals surface area contributed by atoms with E-state index in [1.54, 1.807) is 7.11 Å². The van der Waals surface area contributed by atoms with Crippen LogP contribution < -0.4 is 4.74 Å². The lowest BCUT2D eigenvalue weighted by Crippen LogP contribution is -1.95. The van der Waals surface area contributed by atoms with Crippen molar-refractivity contribution < 1.29 is 4.74 Å². The summed E-state index contributed by atoms with van der Waals surface area (Å²) in [5.41, 5.74) is 1.30. The van der Waals surface area contributed by atoms with E-state index in [2.05, 4.69) is 28.8 Å². The third-order valence-electron chi connectivity index (χ3n) is 2.17. The molecule has 0 saturated carbocycles. The Morgan fingerprint density at radius 2 is 1.93 bits per heavy atom. The summed E-state index contributed by atoms with van der Waals surface area (Å²) in [4.78, 5) is 0. The second-order valence-electron chi connectivity index (χ2n) is 3.21. The first-order chi connectivity index (χ1) is 6.88. The van der Waals surface area contributed by atoms with Gasteiger partial charge in [0.2, 0.25) is 0 Å². The Morgan fingerprint density at radius 1 is 1.14 bits per heavy atom. The Labute approximate surface area is 83.8 Å². The molecule has 0 amide bonds. The Bertz CT molecular complexity index is 392. The summed E-state index contributed by atoms with van der Waals surface area (Å²) >= 11 is 0. The Hall–Kier alpha value is -1.70. The summed E-state index contributed by atoms with van der Waals surface area (Å²) in [6, 6.07) is 12.3. The number of ether oxygens (including phenoxy) is 1. The highest BCUT2D eigenvalue weighted by molar-refractivity contribution is 5.20. The van der Waals surface area contributed by atoms with Crippen LogP contribution in [0.2, 0.25) is 0 Å². The van der Waals surface area contributed by atoms with Gasteiger partial charge in [-0.05, 0) is 11.6 Å². The fourth-order valence-electron chi connectivity index (χ4n) is 1.43. The normalized spacial score (nSPS) is 10.1. The number of rotatable bonds is 3. The predicted molar refractivity (Wildman–Crippen MR) is 56.5 cm³/mol. The zero-order valence-electron chi connectivity index (χ0n) is 8.18. The molecular weight excluding hydrogens is 174 g/mol. The van der Waals surface area contributed by atoms with E-state index in [9.17, 15) is 0 Å². The molecule has 0 bridgehead atoms. The van der Waals surface area contributed by atoms with Gasteiger partial charge in [0.25, 0.3) is 0 Å². The molecule has 1 aromatic heterocycles. The number of benzene rings is 1. The van der Waals surface area contributed by atoms with Crippen molar-refractivity contribution in [1.29, 1.82) is 0 Å². The Kier molecular flexibility index (Phi) is 2.54. The zero-order chi connectivity index (χ0) is 9.80. The first-order valence-electron chi connectivity index (χ1n) is 4.62. The molecule has 2 heteroatoms. The van der Waals surface area contributed by atoms with Gasteiger partial charge in [0.05, 0.1) is 7.11 Å². The summed E-state index contributed by atoms with van der Waals surface area (Å²) < 4.78 is 7.22. The van der Waals surface area contributed by atoms with Gasteiger partial charge in [0.1, 0.15) is 5.75 Å². The molecule has 0 unspecified atom stereocenters. The quantitative estimate of drug-likeness (QED) is 0.720. The van der Waals surface area contributed by atoms with Gasteiger partial charge in [0, 0.05) is 18.9 Å². The number of hydrogen-bond donors (Lipinski definition) is 0. The van der Waals surface area contributed by atoms with Crippen molar-refractivity contribution in [2.24, 2.45) is 0 Å². The van der Waals surface area contributed by atoms with E-state index >= 15 is 0 Å². The van der Waals surface area contributed by atoms with Crippen LogP contribution in [-0.2, 0) is 6.54 Å². The van der Waals surface area contributed by atoms with Crippen LogP contribution >= 0.6 is 0 Å². The van der Waals surface area contributed by atoms with Gasteiger partial charge in [-0.2, -0.15) is 0 Å². The molecule has 0 spiro atoms. The van der Waals surface area contributed by atoms with E-state index in [-0.39, 0.29) is 0 Å². The number of aromatic nitrogens is 1. The lowest BCUT2D eigenvalue weighted by atomic mass is 10.2. The maximum atomic E-state index is 5.11. The fourth-order valence-corrected chi connectivity index (χ4v) is 1.43. The van der Waals surface area contributed by atoms with Crippen LogP contribution in [-0.4, -0.2) is 11.7 Å². The average molecular weight is 187 g/mol. The Balaban J connectivity index is 2.11. The molecule has 0 radical (unpaired) electrons. The zero-order valence-corrected chi connectivity index (χ0v) is 8.18. The van der Waals surface area contributed by atoms with Gasteiger partial charge >= 0.3 is 0 Å². The molecule has 2 rings (SSSR count). The molecule has 72 valence electrons. The summed E-state index contributed by atoms with van der Waals surface area (Å²) in [5, 5.41) is 0. The van der Waals surface area contributed by atoms with Crippen molar-refractivity contribution in [1.82, 2.24) is 4.57 Å². The van der Waals surface area contributed by atoms with Crippen LogP contribution in [0.1, 0.15) is 5.56 Å². The van der Waals surface area contributed by atoms with Crippen molar-refractivity contribution >= 4 is 0 Å². The first kappa shape index (κ1) is 8.88. The second kappa shape index (κ2) is 4.01. The highest BCUT2D eigenvalue weighted by Crippen LogP contribution is 2.11. The standard InChI is InChI=1S/C12H13NO/c1-14-12-7-8-13(10-12)9-11-5-3-2-4-6-11/h2-8,10H,9H2,1H3. The minimum atomic E-state index is 0.893. The van der Waals surface area contributed by atoms with Crippen LogP contribution in [0.5, 0.6) is 5.75 Å². The monoisotopic (exact) mass is 187 g/mol. The largest absolute Gasteiger partial charge is 0.495 e. The summed E-state index contributed by atoms with van der Waals surface area (Å²) in [6.07, 6.45) is 4.01. The first-order valence-corrected chi connectivity index (χ1v) is 4.62. The van der Waals surface area contributed by atoms with Crippen molar-refractivity contribution in [2.45, 2.75) is 6.54 Å². The van der Waals surface area contributed by atoms with Crippen LogP contribution in [0.15, 0.2) is 48.8 Å². The molecular formula is C12H13NO. The predicted octanol–water partition coefficient (Wildman–Crippen LogP) is 2.55. The van der Waals surface area contributed by atoms with Gasteiger partial charge in [-0.1, -0.05) is 30.3 Å². The third kappa shape index (κ3) is 1.96. The molecule has 1 heterocycles. The molecule has 0 atom stereocenters. The molecule has 0 saturated heterocycles. The average Bonchev–Trinajstić information content (AvgIpc) is 2.67. The van der Waals surface area contributed by atoms with Crippen LogP contribution in [0.25, 0.3) is 0 Å². The molecule has 0 aliphatic carbocycles. The Morgan fingerprint density at radius 3 is 2.57 bits per heavy atom. The molecule has 0 fully saturated rings. The SMILES string of the molecule is COc1ccn(Cc2ccccc2)c1. The van der Waals surface area contributed by atoms with Gasteiger partial charge in [0.15, 0.2) is 0 Å². The molecule has 0 N–H and O–H groups in total. The molecule has 2 nitrogen and oxygen atoms in total. The fraction of sp³-hybridized carbons (Fsp3) is 0.167. The van der Waals surface area contributed by atoms with Crippen molar-refractivity contribution in [3.8, 4) is 5.75 Å². The molecule has 14 heavy (non-hydrogen) atoms. The minimum Gasteiger partial charge on any atom is -0.495 e. The van der Waals surface area contributed by atoms with Crippen molar-refractivity contribution in [2.75, 3.05) is 7.11 Å². The molecule has 1 aromatic carbocycles. The van der Waals surface area contributed by atoms with Crippen molar-refractivity contribution in [3.05, 3.63) is 54.4 Å². The van der Waals surface area contributed by atoms with E-state index in [0.29, 0.717) is 0 Å². The highest BCUT2D eigenvalue weighted by atomic mass is 16.5. The maximum Gasteiger partial charge on any atom is 0.136 e. The summed E-state index contributed by atoms with van der Waals surface area (Å²) in [6.45, 7) is 0.893. The third-order valence-corrected chi connectivity index (χ3v) is 2.17. The number of nitrogens with zero attached hydrogens (tertiary/aromatic N) is 1. The van der Waals surface area contributed by atoms with Crippen LogP contribution in [0, 0.1) is 0 Å². The topological polar surface area (TPSA) is 14.2 Å². The van der Waals surface area contributed by atoms with E-state index < -0.39 is 0 Å². The highest BCUT2D eigenvalue weighted by Gasteiger charge is 1.96. The minimum absolute atomic E-state index is 0.893. The summed E-state index contributed by atoms with van der Waals surface area (Å²) in [5.74, 6) is 0.904.